The molecule has 1 aliphatic rings. The molecule has 0 aromatic carbocycles. The van der Waals surface area contributed by atoms with E-state index in [1.54, 1.807) is 6.20 Å². The van der Waals surface area contributed by atoms with Crippen molar-refractivity contribution in [2.24, 2.45) is 0 Å². The third-order valence-electron chi connectivity index (χ3n) is 4.10. The second-order valence-electron chi connectivity index (χ2n) is 5.58. The fraction of sp³-hybridized carbons (Fsp3) is 0.438. The average Bonchev–Trinajstić information content (AvgIpc) is 3.11. The lowest BCUT2D eigenvalue weighted by molar-refractivity contribution is -0.124. The summed E-state index contributed by atoms with van der Waals surface area (Å²) in [6.45, 7) is 4.30. The monoisotopic (exact) mass is 284 g/mol. The summed E-state index contributed by atoms with van der Waals surface area (Å²) in [5.41, 5.74) is 3.62. The fourth-order valence-corrected chi connectivity index (χ4v) is 2.83. The zero-order valence-electron chi connectivity index (χ0n) is 12.5. The molecule has 2 aromatic heterocycles. The highest BCUT2D eigenvalue weighted by atomic mass is 16.2. The Morgan fingerprint density at radius 1 is 1.43 bits per heavy atom. The van der Waals surface area contributed by atoms with Crippen molar-refractivity contribution in [2.75, 3.05) is 0 Å². The summed E-state index contributed by atoms with van der Waals surface area (Å²) in [6, 6.07) is 1.91. The highest BCUT2D eigenvalue weighted by Gasteiger charge is 2.16. The standard InChI is InChI=1S/C16H20N4O/c1-11(20-7-6-17-12(20)2)16(21)19-10-13-8-14-4-3-5-15(14)18-9-13/h6-9,11H,3-5,10H2,1-2H3,(H,19,21). The highest BCUT2D eigenvalue weighted by molar-refractivity contribution is 5.79. The summed E-state index contributed by atoms with van der Waals surface area (Å²) in [4.78, 5) is 20.9. The van der Waals surface area contributed by atoms with Gasteiger partial charge in [-0.25, -0.2) is 4.98 Å². The van der Waals surface area contributed by atoms with E-state index in [0.717, 1.165) is 24.2 Å². The molecule has 1 N–H and O–H groups in total. The van der Waals surface area contributed by atoms with Crippen LogP contribution in [0.4, 0.5) is 0 Å². The van der Waals surface area contributed by atoms with Crippen molar-refractivity contribution < 1.29 is 4.79 Å². The van der Waals surface area contributed by atoms with Crippen LogP contribution < -0.4 is 5.32 Å². The van der Waals surface area contributed by atoms with Gasteiger partial charge in [-0.05, 0) is 44.2 Å². The molecular weight excluding hydrogens is 264 g/mol. The molecule has 0 radical (unpaired) electrons. The molecule has 0 spiro atoms. The van der Waals surface area contributed by atoms with Crippen LogP contribution >= 0.6 is 0 Å². The molecule has 1 atom stereocenters. The molecule has 1 unspecified atom stereocenters. The summed E-state index contributed by atoms with van der Waals surface area (Å²) < 4.78 is 1.87. The number of rotatable bonds is 4. The van der Waals surface area contributed by atoms with Crippen LogP contribution in [0.2, 0.25) is 0 Å². The van der Waals surface area contributed by atoms with Crippen molar-refractivity contribution in [1.82, 2.24) is 19.9 Å². The lowest BCUT2D eigenvalue weighted by Crippen LogP contribution is -2.30. The van der Waals surface area contributed by atoms with Gasteiger partial charge in [-0.3, -0.25) is 9.78 Å². The van der Waals surface area contributed by atoms with E-state index in [1.807, 2.05) is 30.8 Å². The lowest BCUT2D eigenvalue weighted by atomic mass is 10.1. The van der Waals surface area contributed by atoms with Crippen molar-refractivity contribution in [3.05, 3.63) is 47.3 Å². The maximum absolute atomic E-state index is 12.2. The van der Waals surface area contributed by atoms with Crippen LogP contribution in [0.25, 0.3) is 0 Å². The van der Waals surface area contributed by atoms with Gasteiger partial charge in [-0.2, -0.15) is 0 Å². The van der Waals surface area contributed by atoms with Crippen LogP contribution in [0, 0.1) is 6.92 Å². The average molecular weight is 284 g/mol. The Balaban J connectivity index is 1.62. The number of fused-ring (bicyclic) bond motifs is 1. The molecule has 0 bridgehead atoms. The van der Waals surface area contributed by atoms with Crippen molar-refractivity contribution in [3.8, 4) is 0 Å². The fourth-order valence-electron chi connectivity index (χ4n) is 2.83. The lowest BCUT2D eigenvalue weighted by Gasteiger charge is -2.15. The van der Waals surface area contributed by atoms with Crippen molar-refractivity contribution in [3.63, 3.8) is 0 Å². The number of hydrogen-bond acceptors (Lipinski definition) is 3. The molecule has 2 heterocycles. The van der Waals surface area contributed by atoms with Crippen LogP contribution in [0.5, 0.6) is 0 Å². The van der Waals surface area contributed by atoms with E-state index >= 15 is 0 Å². The third-order valence-corrected chi connectivity index (χ3v) is 4.10. The summed E-state index contributed by atoms with van der Waals surface area (Å²) in [5.74, 6) is 0.841. The predicted molar refractivity (Wildman–Crippen MR) is 79.8 cm³/mol. The Bertz CT molecular complexity index is 662. The summed E-state index contributed by atoms with van der Waals surface area (Å²) in [7, 11) is 0. The largest absolute Gasteiger partial charge is 0.350 e. The van der Waals surface area contributed by atoms with Gasteiger partial charge >= 0.3 is 0 Å². The number of hydrogen-bond donors (Lipinski definition) is 1. The molecule has 1 amide bonds. The number of aryl methyl sites for hydroxylation is 3. The molecule has 0 aliphatic heterocycles. The van der Waals surface area contributed by atoms with Gasteiger partial charge in [0, 0.05) is 30.8 Å². The minimum absolute atomic E-state index is 0.00315. The Labute approximate surface area is 124 Å². The van der Waals surface area contributed by atoms with E-state index in [-0.39, 0.29) is 11.9 Å². The molecule has 21 heavy (non-hydrogen) atoms. The van der Waals surface area contributed by atoms with Gasteiger partial charge < -0.3 is 9.88 Å². The Morgan fingerprint density at radius 3 is 3.05 bits per heavy atom. The number of pyridine rings is 1. The van der Waals surface area contributed by atoms with Gasteiger partial charge in [0.05, 0.1) is 0 Å². The zero-order chi connectivity index (χ0) is 14.8. The molecule has 110 valence electrons. The Kier molecular flexibility index (Phi) is 3.73. The van der Waals surface area contributed by atoms with E-state index in [1.165, 1.54) is 17.7 Å². The minimum Gasteiger partial charge on any atom is -0.350 e. The molecule has 0 fully saturated rings. The van der Waals surface area contributed by atoms with Gasteiger partial charge in [0.1, 0.15) is 11.9 Å². The topological polar surface area (TPSA) is 59.8 Å². The van der Waals surface area contributed by atoms with Crippen molar-refractivity contribution >= 4 is 5.91 Å². The minimum atomic E-state index is -0.255. The Morgan fingerprint density at radius 2 is 2.29 bits per heavy atom. The van der Waals surface area contributed by atoms with Crippen LogP contribution in [-0.2, 0) is 24.2 Å². The first kappa shape index (κ1) is 13.8. The van der Waals surface area contributed by atoms with Crippen LogP contribution in [0.1, 0.15) is 42.0 Å². The van der Waals surface area contributed by atoms with Gasteiger partial charge in [0.15, 0.2) is 0 Å². The van der Waals surface area contributed by atoms with E-state index in [0.29, 0.717) is 6.54 Å². The molecule has 0 saturated carbocycles. The molecule has 0 saturated heterocycles. The first-order chi connectivity index (χ1) is 10.1. The van der Waals surface area contributed by atoms with E-state index in [9.17, 15) is 4.79 Å². The van der Waals surface area contributed by atoms with E-state index in [2.05, 4.69) is 21.4 Å². The number of nitrogens with zero attached hydrogens (tertiary/aromatic N) is 3. The number of carbonyl (C=O) groups is 1. The van der Waals surface area contributed by atoms with Gasteiger partial charge in [0.25, 0.3) is 0 Å². The van der Waals surface area contributed by atoms with Crippen LogP contribution in [0.3, 0.4) is 0 Å². The highest BCUT2D eigenvalue weighted by Crippen LogP contribution is 2.20. The number of nitrogens with one attached hydrogen (secondary N) is 1. The van der Waals surface area contributed by atoms with Gasteiger partial charge in [-0.15, -0.1) is 0 Å². The second-order valence-corrected chi connectivity index (χ2v) is 5.58. The third kappa shape index (κ3) is 2.82. The van der Waals surface area contributed by atoms with E-state index < -0.39 is 0 Å². The number of carbonyl (C=O) groups excluding carboxylic acids is 1. The quantitative estimate of drug-likeness (QED) is 0.933. The molecule has 1 aliphatic carbocycles. The second kappa shape index (κ2) is 5.68. The summed E-state index contributed by atoms with van der Waals surface area (Å²) >= 11 is 0. The molecular formula is C16H20N4O. The maximum Gasteiger partial charge on any atom is 0.243 e. The molecule has 5 nitrogen and oxygen atoms in total. The number of amides is 1. The van der Waals surface area contributed by atoms with Crippen LogP contribution in [0.15, 0.2) is 24.7 Å². The van der Waals surface area contributed by atoms with Gasteiger partial charge in [0.2, 0.25) is 5.91 Å². The normalized spacial score (nSPS) is 14.8. The van der Waals surface area contributed by atoms with Crippen LogP contribution in [-0.4, -0.2) is 20.4 Å². The summed E-state index contributed by atoms with van der Waals surface area (Å²) in [6.07, 6.45) is 8.79. The first-order valence-corrected chi connectivity index (χ1v) is 7.39. The predicted octanol–water partition coefficient (Wildman–Crippen LogP) is 1.95. The maximum atomic E-state index is 12.2. The molecule has 2 aromatic rings. The molecule has 5 heteroatoms. The first-order valence-electron chi connectivity index (χ1n) is 7.39. The van der Waals surface area contributed by atoms with Crippen molar-refractivity contribution in [2.45, 2.75) is 45.7 Å². The number of imidazole rings is 1. The van der Waals surface area contributed by atoms with Gasteiger partial charge in [-0.1, -0.05) is 6.07 Å². The molecule has 3 rings (SSSR count). The zero-order valence-corrected chi connectivity index (χ0v) is 12.5. The Hall–Kier alpha value is -2.17. The van der Waals surface area contributed by atoms with Crippen molar-refractivity contribution in [1.29, 1.82) is 0 Å². The number of aromatic nitrogens is 3. The SMILES string of the molecule is Cc1nccn1C(C)C(=O)NCc1cnc2c(c1)CCC2. The van der Waals surface area contributed by atoms with E-state index in [4.69, 9.17) is 0 Å². The smallest absolute Gasteiger partial charge is 0.243 e. The summed E-state index contributed by atoms with van der Waals surface area (Å²) in [5, 5.41) is 2.98.